The van der Waals surface area contributed by atoms with Gasteiger partial charge in [0.05, 0.1) is 6.54 Å². The minimum Gasteiger partial charge on any atom is -0.480 e. The highest BCUT2D eigenvalue weighted by atomic mass is 16.4. The van der Waals surface area contributed by atoms with E-state index in [9.17, 15) is 9.59 Å². The highest BCUT2D eigenvalue weighted by Crippen LogP contribution is 2.09. The van der Waals surface area contributed by atoms with Crippen molar-refractivity contribution >= 4 is 11.9 Å². The number of carbonyl (C=O) groups is 2. The molecule has 0 aliphatic carbocycles. The Bertz CT molecular complexity index is 239. The van der Waals surface area contributed by atoms with E-state index in [-0.39, 0.29) is 18.4 Å². The molecule has 0 bridgehead atoms. The number of carboxylic acids is 1. The van der Waals surface area contributed by atoms with E-state index >= 15 is 0 Å². The second-order valence-electron chi connectivity index (χ2n) is 4.23. The van der Waals surface area contributed by atoms with Crippen LogP contribution in [0.5, 0.6) is 0 Å². The van der Waals surface area contributed by atoms with Gasteiger partial charge in [0.2, 0.25) is 5.91 Å². The number of hydrogen-bond donors (Lipinski definition) is 1. The first-order valence-electron chi connectivity index (χ1n) is 4.90. The van der Waals surface area contributed by atoms with Crippen molar-refractivity contribution in [2.45, 2.75) is 19.9 Å². The van der Waals surface area contributed by atoms with Gasteiger partial charge in [-0.1, -0.05) is 13.8 Å². The van der Waals surface area contributed by atoms with E-state index in [1.807, 2.05) is 13.8 Å². The highest BCUT2D eigenvalue weighted by Gasteiger charge is 2.27. The number of nitrogens with zero attached hydrogens (tertiary/aromatic N) is 2. The van der Waals surface area contributed by atoms with Crippen molar-refractivity contribution < 1.29 is 14.7 Å². The Morgan fingerprint density at radius 1 is 1.20 bits per heavy atom. The van der Waals surface area contributed by atoms with Crippen LogP contribution in [0.15, 0.2) is 0 Å². The van der Waals surface area contributed by atoms with Gasteiger partial charge < -0.3 is 10.0 Å². The maximum absolute atomic E-state index is 11.4. The molecule has 1 amide bonds. The third-order valence-electron chi connectivity index (χ3n) is 2.24. The van der Waals surface area contributed by atoms with E-state index in [2.05, 4.69) is 0 Å². The molecule has 0 fully saturated rings. The fourth-order valence-corrected chi connectivity index (χ4v) is 1.44. The molecule has 0 aliphatic rings. The Morgan fingerprint density at radius 3 is 1.93 bits per heavy atom. The number of rotatable bonds is 5. The first-order chi connectivity index (χ1) is 6.77. The standard InChI is InChI=1S/C10H20N2O3/c1-7(2)9(10(14)15)12(5)6-8(13)11(3)4/h7,9H,6H2,1-5H3,(H,14,15). The number of likely N-dealkylation sites (N-methyl/N-ethyl adjacent to an activating group) is 2. The van der Waals surface area contributed by atoms with Crippen LogP contribution in [0.3, 0.4) is 0 Å². The van der Waals surface area contributed by atoms with Crippen molar-refractivity contribution in [1.82, 2.24) is 9.80 Å². The molecule has 1 atom stereocenters. The van der Waals surface area contributed by atoms with Crippen molar-refractivity contribution in [3.05, 3.63) is 0 Å². The van der Waals surface area contributed by atoms with Gasteiger partial charge in [-0.25, -0.2) is 0 Å². The molecule has 5 nitrogen and oxygen atoms in total. The molecule has 0 aromatic heterocycles. The van der Waals surface area contributed by atoms with Crippen LogP contribution in [0.25, 0.3) is 0 Å². The van der Waals surface area contributed by atoms with Gasteiger partial charge >= 0.3 is 5.97 Å². The van der Waals surface area contributed by atoms with Gasteiger partial charge in [0.15, 0.2) is 0 Å². The van der Waals surface area contributed by atoms with Crippen LogP contribution in [0.1, 0.15) is 13.8 Å². The molecule has 15 heavy (non-hydrogen) atoms. The summed E-state index contributed by atoms with van der Waals surface area (Å²) < 4.78 is 0. The molecule has 5 heteroatoms. The molecule has 88 valence electrons. The van der Waals surface area contributed by atoms with Crippen molar-refractivity contribution in [1.29, 1.82) is 0 Å². The lowest BCUT2D eigenvalue weighted by atomic mass is 10.0. The van der Waals surface area contributed by atoms with Crippen molar-refractivity contribution in [3.8, 4) is 0 Å². The molecule has 0 radical (unpaired) electrons. The summed E-state index contributed by atoms with van der Waals surface area (Å²) in [6, 6.07) is -0.617. The van der Waals surface area contributed by atoms with Crippen LogP contribution in [-0.4, -0.2) is 60.5 Å². The van der Waals surface area contributed by atoms with E-state index in [1.54, 1.807) is 26.0 Å². The zero-order valence-corrected chi connectivity index (χ0v) is 10.0. The van der Waals surface area contributed by atoms with Crippen LogP contribution in [0.2, 0.25) is 0 Å². The maximum atomic E-state index is 11.4. The van der Waals surface area contributed by atoms with E-state index < -0.39 is 12.0 Å². The minimum absolute atomic E-state index is 0.0255. The fraction of sp³-hybridized carbons (Fsp3) is 0.800. The zero-order chi connectivity index (χ0) is 12.2. The summed E-state index contributed by atoms with van der Waals surface area (Å²) in [5, 5.41) is 9.00. The van der Waals surface area contributed by atoms with Gasteiger partial charge in [0, 0.05) is 14.1 Å². The predicted octanol–water partition coefficient (Wildman–Crippen LogP) is 0.116. The summed E-state index contributed by atoms with van der Waals surface area (Å²) in [6.45, 7) is 3.78. The predicted molar refractivity (Wildman–Crippen MR) is 57.6 cm³/mol. The molecular formula is C10H20N2O3. The summed E-state index contributed by atoms with van der Waals surface area (Å²) in [5.74, 6) is -1.01. The Morgan fingerprint density at radius 2 is 1.67 bits per heavy atom. The van der Waals surface area contributed by atoms with Gasteiger partial charge in [-0.3, -0.25) is 14.5 Å². The third-order valence-corrected chi connectivity index (χ3v) is 2.24. The van der Waals surface area contributed by atoms with Crippen molar-refractivity contribution in [2.75, 3.05) is 27.7 Å². The van der Waals surface area contributed by atoms with Crippen LogP contribution >= 0.6 is 0 Å². The van der Waals surface area contributed by atoms with Gasteiger partial charge in [-0.2, -0.15) is 0 Å². The van der Waals surface area contributed by atoms with E-state index in [0.29, 0.717) is 0 Å². The van der Waals surface area contributed by atoms with Crippen molar-refractivity contribution in [2.24, 2.45) is 5.92 Å². The van der Waals surface area contributed by atoms with Crippen LogP contribution < -0.4 is 0 Å². The summed E-state index contributed by atoms with van der Waals surface area (Å²) in [4.78, 5) is 25.4. The lowest BCUT2D eigenvalue weighted by molar-refractivity contribution is -0.145. The highest BCUT2D eigenvalue weighted by molar-refractivity contribution is 5.79. The Balaban J connectivity index is 4.46. The maximum Gasteiger partial charge on any atom is 0.321 e. The van der Waals surface area contributed by atoms with E-state index in [1.165, 1.54) is 4.90 Å². The molecule has 0 saturated heterocycles. The fourth-order valence-electron chi connectivity index (χ4n) is 1.44. The Hall–Kier alpha value is -1.10. The van der Waals surface area contributed by atoms with Crippen LogP contribution in [0.4, 0.5) is 0 Å². The molecule has 0 aromatic carbocycles. The smallest absolute Gasteiger partial charge is 0.321 e. The molecule has 0 aromatic rings. The lowest BCUT2D eigenvalue weighted by Crippen LogP contribution is -2.46. The minimum atomic E-state index is -0.890. The molecule has 0 heterocycles. The topological polar surface area (TPSA) is 60.9 Å². The van der Waals surface area contributed by atoms with Gasteiger partial charge in [-0.15, -0.1) is 0 Å². The summed E-state index contributed by atoms with van der Waals surface area (Å²) in [6.07, 6.45) is 0. The zero-order valence-electron chi connectivity index (χ0n) is 10.0. The van der Waals surface area contributed by atoms with Gasteiger partial charge in [-0.05, 0) is 13.0 Å². The quantitative estimate of drug-likeness (QED) is 0.709. The number of carbonyl (C=O) groups excluding carboxylic acids is 1. The third kappa shape index (κ3) is 4.29. The normalized spacial score (nSPS) is 13.0. The largest absolute Gasteiger partial charge is 0.480 e. The first kappa shape index (κ1) is 13.9. The van der Waals surface area contributed by atoms with Gasteiger partial charge in [0.25, 0.3) is 0 Å². The van der Waals surface area contributed by atoms with Crippen LogP contribution in [0, 0.1) is 5.92 Å². The van der Waals surface area contributed by atoms with Crippen molar-refractivity contribution in [3.63, 3.8) is 0 Å². The summed E-state index contributed by atoms with van der Waals surface area (Å²) in [5.41, 5.74) is 0. The molecule has 1 N–H and O–H groups in total. The van der Waals surface area contributed by atoms with E-state index in [0.717, 1.165) is 0 Å². The lowest BCUT2D eigenvalue weighted by Gasteiger charge is -2.27. The molecule has 0 spiro atoms. The number of aliphatic carboxylic acids is 1. The second-order valence-corrected chi connectivity index (χ2v) is 4.23. The average Bonchev–Trinajstić information content (AvgIpc) is 2.01. The SMILES string of the molecule is CC(C)C(C(=O)O)N(C)CC(=O)N(C)C. The first-order valence-corrected chi connectivity index (χ1v) is 4.90. The average molecular weight is 216 g/mol. The monoisotopic (exact) mass is 216 g/mol. The van der Waals surface area contributed by atoms with Crippen LogP contribution in [-0.2, 0) is 9.59 Å². The molecule has 0 saturated carbocycles. The Kier molecular flexibility index (Phi) is 5.28. The number of amides is 1. The molecule has 0 rings (SSSR count). The summed E-state index contributed by atoms with van der Waals surface area (Å²) in [7, 11) is 4.96. The second kappa shape index (κ2) is 5.70. The van der Waals surface area contributed by atoms with E-state index in [4.69, 9.17) is 5.11 Å². The Labute approximate surface area is 90.7 Å². The molecule has 1 unspecified atom stereocenters. The summed E-state index contributed by atoms with van der Waals surface area (Å²) >= 11 is 0. The molecule has 0 aliphatic heterocycles. The number of carboxylic acid groups (broad SMARTS) is 1. The van der Waals surface area contributed by atoms with Gasteiger partial charge in [0.1, 0.15) is 6.04 Å². The molecular weight excluding hydrogens is 196 g/mol. The number of hydrogen-bond acceptors (Lipinski definition) is 3.